The first kappa shape index (κ1) is 20.6. The van der Waals surface area contributed by atoms with Crippen molar-refractivity contribution < 1.29 is 24.5 Å². The molecule has 0 bridgehead atoms. The molecular formula is C22H34O5. The Morgan fingerprint density at radius 3 is 2.44 bits per heavy atom. The number of allylic oxidation sites excluding steroid dienone is 3. The fraction of sp³-hybridized carbons (Fsp3) is 0.773. The number of rotatable bonds is 4. The first-order valence-corrected chi connectivity index (χ1v) is 9.95. The van der Waals surface area contributed by atoms with Gasteiger partial charge in [0.1, 0.15) is 11.7 Å². The van der Waals surface area contributed by atoms with Crippen LogP contribution in [0, 0.1) is 22.7 Å². The van der Waals surface area contributed by atoms with E-state index < -0.39 is 29.3 Å². The van der Waals surface area contributed by atoms with E-state index in [1.165, 1.54) is 6.92 Å². The first-order chi connectivity index (χ1) is 12.5. The Bertz CT molecular complexity index is 647. The summed E-state index contributed by atoms with van der Waals surface area (Å²) in [4.78, 5) is 11.6. The van der Waals surface area contributed by atoms with Gasteiger partial charge in [-0.25, -0.2) is 0 Å². The number of aliphatic hydroxyl groups excluding tert-OH is 2. The third kappa shape index (κ3) is 3.18. The van der Waals surface area contributed by atoms with Gasteiger partial charge < -0.3 is 19.7 Å². The Kier molecular flexibility index (Phi) is 5.11. The van der Waals surface area contributed by atoms with E-state index in [-0.39, 0.29) is 23.2 Å². The maximum atomic E-state index is 11.6. The zero-order valence-electron chi connectivity index (χ0n) is 17.2. The van der Waals surface area contributed by atoms with Gasteiger partial charge in [0.25, 0.3) is 0 Å². The van der Waals surface area contributed by atoms with E-state index >= 15 is 0 Å². The van der Waals surface area contributed by atoms with Crippen molar-refractivity contribution in [1.82, 2.24) is 0 Å². The molecule has 1 heterocycles. The molecular weight excluding hydrogens is 344 g/mol. The van der Waals surface area contributed by atoms with E-state index in [4.69, 9.17) is 9.47 Å². The van der Waals surface area contributed by atoms with Gasteiger partial charge in [-0.05, 0) is 42.9 Å². The fourth-order valence-corrected chi connectivity index (χ4v) is 6.05. The number of fused-ring (bicyclic) bond motifs is 1. The molecule has 7 atom stereocenters. The summed E-state index contributed by atoms with van der Waals surface area (Å²) >= 11 is 0. The lowest BCUT2D eigenvalue weighted by Crippen LogP contribution is -2.66. The summed E-state index contributed by atoms with van der Waals surface area (Å²) in [6, 6.07) is 0. The molecule has 1 aliphatic heterocycles. The van der Waals surface area contributed by atoms with E-state index in [1.807, 2.05) is 26.8 Å². The summed E-state index contributed by atoms with van der Waals surface area (Å²) in [5, 5.41) is 21.9. The number of carbonyl (C=O) groups excluding carboxylic acids is 1. The minimum atomic E-state index is -0.757. The Labute approximate surface area is 162 Å². The number of epoxide rings is 1. The van der Waals surface area contributed by atoms with Gasteiger partial charge in [-0.2, -0.15) is 0 Å². The highest BCUT2D eigenvalue weighted by atomic mass is 16.6. The Hall–Kier alpha value is -1.17. The quantitative estimate of drug-likeness (QED) is 0.447. The third-order valence-electron chi connectivity index (χ3n) is 7.65. The maximum Gasteiger partial charge on any atom is 0.302 e. The molecule has 0 aromatic rings. The second kappa shape index (κ2) is 6.71. The van der Waals surface area contributed by atoms with Crippen LogP contribution in [0.3, 0.4) is 0 Å². The van der Waals surface area contributed by atoms with Crippen LogP contribution in [0.15, 0.2) is 24.3 Å². The highest BCUT2D eigenvalue weighted by Gasteiger charge is 2.71. The fourth-order valence-electron chi connectivity index (χ4n) is 6.05. The van der Waals surface area contributed by atoms with Gasteiger partial charge in [0.15, 0.2) is 0 Å². The molecule has 2 saturated carbocycles. The van der Waals surface area contributed by atoms with Crippen molar-refractivity contribution in [3.05, 3.63) is 24.3 Å². The van der Waals surface area contributed by atoms with Crippen LogP contribution in [0.1, 0.15) is 53.9 Å². The standard InChI is InChI=1S/C22H34O5/c1-7-13(2)8-9-16-21(6)11-15(27-14(3)23)19(25)20(4,5)17(21)10-18(24)22(16)12-26-22/h7-8,15-19,24-25H,1,9-12H2,2-6H3. The summed E-state index contributed by atoms with van der Waals surface area (Å²) in [5.74, 6) is -0.193. The van der Waals surface area contributed by atoms with E-state index in [1.54, 1.807) is 0 Å². The molecule has 152 valence electrons. The zero-order chi connectivity index (χ0) is 20.2. The molecule has 0 radical (unpaired) electrons. The molecule has 0 amide bonds. The molecule has 1 spiro atoms. The molecule has 27 heavy (non-hydrogen) atoms. The SMILES string of the molecule is C=CC(C)=CCC1C2(C)CC(OC(C)=O)C(O)C(C)(C)C2CC(O)C12CO2. The van der Waals surface area contributed by atoms with Crippen LogP contribution in [-0.4, -0.2) is 46.7 Å². The van der Waals surface area contributed by atoms with Crippen LogP contribution in [0.4, 0.5) is 0 Å². The van der Waals surface area contributed by atoms with Crippen molar-refractivity contribution in [3.8, 4) is 0 Å². The molecule has 1 saturated heterocycles. The van der Waals surface area contributed by atoms with Crippen molar-refractivity contribution in [2.75, 3.05) is 6.61 Å². The summed E-state index contributed by atoms with van der Waals surface area (Å²) in [7, 11) is 0. The average Bonchev–Trinajstić information content (AvgIpc) is 3.36. The molecule has 5 nitrogen and oxygen atoms in total. The largest absolute Gasteiger partial charge is 0.460 e. The average molecular weight is 379 g/mol. The number of carbonyl (C=O) groups is 1. The molecule has 0 aromatic carbocycles. The monoisotopic (exact) mass is 378 g/mol. The molecule has 3 rings (SSSR count). The van der Waals surface area contributed by atoms with Gasteiger partial charge in [-0.15, -0.1) is 0 Å². The van der Waals surface area contributed by atoms with Crippen molar-refractivity contribution >= 4 is 5.97 Å². The number of hydrogen-bond donors (Lipinski definition) is 2. The number of hydrogen-bond acceptors (Lipinski definition) is 5. The molecule has 2 N–H and O–H groups in total. The van der Waals surface area contributed by atoms with Crippen molar-refractivity contribution in [2.24, 2.45) is 22.7 Å². The van der Waals surface area contributed by atoms with E-state index in [0.29, 0.717) is 19.4 Å². The topological polar surface area (TPSA) is 79.3 Å². The Morgan fingerprint density at radius 1 is 1.30 bits per heavy atom. The molecule has 2 aliphatic carbocycles. The lowest BCUT2D eigenvalue weighted by atomic mass is 9.44. The number of esters is 1. The molecule has 5 heteroatoms. The lowest BCUT2D eigenvalue weighted by Gasteiger charge is -2.62. The predicted molar refractivity (Wildman–Crippen MR) is 103 cm³/mol. The highest BCUT2D eigenvalue weighted by molar-refractivity contribution is 5.66. The van der Waals surface area contributed by atoms with Crippen LogP contribution in [-0.2, 0) is 14.3 Å². The molecule has 7 unspecified atom stereocenters. The van der Waals surface area contributed by atoms with Gasteiger partial charge in [0.2, 0.25) is 0 Å². The summed E-state index contributed by atoms with van der Waals surface area (Å²) < 4.78 is 11.4. The zero-order valence-corrected chi connectivity index (χ0v) is 17.2. The van der Waals surface area contributed by atoms with Crippen LogP contribution < -0.4 is 0 Å². The second-order valence-electron chi connectivity index (χ2n) is 9.61. The number of ether oxygens (including phenoxy) is 2. The van der Waals surface area contributed by atoms with E-state index in [0.717, 1.165) is 12.0 Å². The van der Waals surface area contributed by atoms with Crippen molar-refractivity contribution in [3.63, 3.8) is 0 Å². The van der Waals surface area contributed by atoms with Crippen LogP contribution in [0.5, 0.6) is 0 Å². The molecule has 3 aliphatic rings. The third-order valence-corrected chi connectivity index (χ3v) is 7.65. The van der Waals surface area contributed by atoms with E-state index in [9.17, 15) is 15.0 Å². The van der Waals surface area contributed by atoms with Crippen molar-refractivity contribution in [1.29, 1.82) is 0 Å². The van der Waals surface area contributed by atoms with Crippen LogP contribution in [0.25, 0.3) is 0 Å². The molecule has 3 fully saturated rings. The first-order valence-electron chi connectivity index (χ1n) is 9.95. The van der Waals surface area contributed by atoms with Gasteiger partial charge in [-0.1, -0.05) is 45.1 Å². The highest BCUT2D eigenvalue weighted by Crippen LogP contribution is 2.66. The van der Waals surface area contributed by atoms with Crippen LogP contribution >= 0.6 is 0 Å². The summed E-state index contributed by atoms with van der Waals surface area (Å²) in [5.41, 5.74) is -0.142. The van der Waals surface area contributed by atoms with E-state index in [2.05, 4.69) is 19.6 Å². The second-order valence-corrected chi connectivity index (χ2v) is 9.61. The van der Waals surface area contributed by atoms with Crippen LogP contribution in [0.2, 0.25) is 0 Å². The van der Waals surface area contributed by atoms with Gasteiger partial charge in [0, 0.05) is 12.8 Å². The number of aliphatic hydroxyl groups is 2. The van der Waals surface area contributed by atoms with Gasteiger partial charge in [0.05, 0.1) is 18.8 Å². The smallest absolute Gasteiger partial charge is 0.302 e. The Morgan fingerprint density at radius 2 is 1.93 bits per heavy atom. The minimum absolute atomic E-state index is 0.0819. The van der Waals surface area contributed by atoms with Gasteiger partial charge >= 0.3 is 5.97 Å². The predicted octanol–water partition coefficient (Wildman–Crippen LogP) is 3.00. The summed E-state index contributed by atoms with van der Waals surface area (Å²) in [6.07, 6.45) is 4.06. The Balaban J connectivity index is 2.03. The minimum Gasteiger partial charge on any atom is -0.460 e. The normalized spacial score (nSPS) is 45.9. The van der Waals surface area contributed by atoms with Gasteiger partial charge in [-0.3, -0.25) is 4.79 Å². The summed E-state index contributed by atoms with van der Waals surface area (Å²) in [6.45, 7) is 14.1. The molecule has 0 aromatic heterocycles. The lowest BCUT2D eigenvalue weighted by molar-refractivity contribution is -0.227. The maximum absolute atomic E-state index is 11.6. The van der Waals surface area contributed by atoms with Crippen molar-refractivity contribution in [2.45, 2.75) is 77.8 Å².